The topological polar surface area (TPSA) is 152 Å². The van der Waals surface area contributed by atoms with Crippen LogP contribution >= 0.6 is 0 Å². The molecule has 1 saturated heterocycles. The van der Waals surface area contributed by atoms with E-state index in [1.807, 2.05) is 31.2 Å². The maximum atomic E-state index is 10.5. The minimum atomic E-state index is -1.27. The van der Waals surface area contributed by atoms with Crippen LogP contribution in [0.1, 0.15) is 17.4 Å². The predicted octanol–water partition coefficient (Wildman–Crippen LogP) is -0.0595. The van der Waals surface area contributed by atoms with Crippen LogP contribution in [0.15, 0.2) is 30.6 Å². The molecule has 0 amide bonds. The minimum Gasteiger partial charge on any atom is -0.394 e. The van der Waals surface area contributed by atoms with Crippen LogP contribution in [0.5, 0.6) is 0 Å². The second-order valence-electron chi connectivity index (χ2n) is 6.75. The van der Waals surface area contributed by atoms with Crippen LogP contribution in [0, 0.1) is 6.92 Å². The van der Waals surface area contributed by atoms with Gasteiger partial charge in [-0.25, -0.2) is 15.0 Å². The van der Waals surface area contributed by atoms with Gasteiger partial charge in [-0.1, -0.05) is 24.3 Å². The van der Waals surface area contributed by atoms with Crippen LogP contribution in [-0.2, 0) is 11.3 Å². The van der Waals surface area contributed by atoms with Gasteiger partial charge in [0.2, 0.25) is 5.95 Å². The first-order valence-electron chi connectivity index (χ1n) is 8.90. The zero-order chi connectivity index (χ0) is 19.8. The Morgan fingerprint density at radius 3 is 2.71 bits per heavy atom. The highest BCUT2D eigenvalue weighted by Gasteiger charge is 2.45. The Kier molecular flexibility index (Phi) is 4.85. The molecule has 0 saturated carbocycles. The third kappa shape index (κ3) is 3.06. The first kappa shape index (κ1) is 18.6. The van der Waals surface area contributed by atoms with Gasteiger partial charge in [-0.2, -0.15) is 0 Å². The van der Waals surface area contributed by atoms with Crippen molar-refractivity contribution in [3.8, 4) is 0 Å². The fraction of sp³-hybridized carbons (Fsp3) is 0.389. The lowest BCUT2D eigenvalue weighted by Crippen LogP contribution is -2.33. The summed E-state index contributed by atoms with van der Waals surface area (Å²) in [5.74, 6) is 0.551. The van der Waals surface area contributed by atoms with E-state index < -0.39 is 31.1 Å². The first-order chi connectivity index (χ1) is 13.5. The third-order valence-electron chi connectivity index (χ3n) is 4.98. The molecule has 10 heteroatoms. The normalized spacial score (nSPS) is 24.7. The van der Waals surface area contributed by atoms with Crippen molar-refractivity contribution in [2.75, 3.05) is 17.7 Å². The zero-order valence-electron chi connectivity index (χ0n) is 15.2. The molecule has 1 aliphatic rings. The second kappa shape index (κ2) is 7.32. The molecule has 3 aromatic rings. The lowest BCUT2D eigenvalue weighted by molar-refractivity contribution is -0.0501. The standard InChI is InChI=1S/C18H22N6O4/c1-9-4-2-3-5-10(9)6-20-18-23-12-15(19)21-8-22-16(12)24(18)17-14(27)13(26)11(7-25)28-17/h2-5,8,11,13-14,17,25-27H,6-7H2,1H3,(H,20,23)(H2,19,21,22)/t11-,13-,14-,17-/m1/s1. The van der Waals surface area contributed by atoms with Crippen molar-refractivity contribution in [3.63, 3.8) is 0 Å². The zero-order valence-corrected chi connectivity index (χ0v) is 15.2. The highest BCUT2D eigenvalue weighted by Crippen LogP contribution is 2.35. The minimum absolute atomic E-state index is 0.189. The molecule has 28 heavy (non-hydrogen) atoms. The van der Waals surface area contributed by atoms with E-state index in [1.54, 1.807) is 0 Å². The van der Waals surface area contributed by atoms with Gasteiger partial charge in [-0.05, 0) is 18.1 Å². The largest absolute Gasteiger partial charge is 0.394 e. The van der Waals surface area contributed by atoms with Gasteiger partial charge < -0.3 is 31.1 Å². The Morgan fingerprint density at radius 2 is 2.00 bits per heavy atom. The van der Waals surface area contributed by atoms with Crippen LogP contribution in [-0.4, -0.2) is 59.8 Å². The number of hydrogen-bond donors (Lipinski definition) is 5. The van der Waals surface area contributed by atoms with E-state index in [0.29, 0.717) is 23.7 Å². The number of aliphatic hydroxyl groups excluding tert-OH is 3. The molecule has 3 heterocycles. The molecule has 4 rings (SSSR count). The van der Waals surface area contributed by atoms with Gasteiger partial charge >= 0.3 is 0 Å². The number of ether oxygens (including phenoxy) is 1. The van der Waals surface area contributed by atoms with E-state index >= 15 is 0 Å². The first-order valence-corrected chi connectivity index (χ1v) is 8.90. The average Bonchev–Trinajstić information content (AvgIpc) is 3.20. The number of imidazole rings is 1. The molecule has 148 valence electrons. The van der Waals surface area contributed by atoms with Crippen LogP contribution in [0.3, 0.4) is 0 Å². The van der Waals surface area contributed by atoms with E-state index in [-0.39, 0.29) is 5.82 Å². The summed E-state index contributed by atoms with van der Waals surface area (Å²) in [7, 11) is 0. The van der Waals surface area contributed by atoms with E-state index in [0.717, 1.165) is 11.1 Å². The molecule has 1 fully saturated rings. The predicted molar refractivity (Wildman–Crippen MR) is 101 cm³/mol. The monoisotopic (exact) mass is 386 g/mol. The van der Waals surface area contributed by atoms with Gasteiger partial charge in [0.25, 0.3) is 0 Å². The van der Waals surface area contributed by atoms with E-state index in [1.165, 1.54) is 10.9 Å². The highest BCUT2D eigenvalue weighted by atomic mass is 16.6. The number of nitrogens with two attached hydrogens (primary N) is 1. The summed E-state index contributed by atoms with van der Waals surface area (Å²) >= 11 is 0. The molecule has 0 bridgehead atoms. The van der Waals surface area contributed by atoms with Crippen molar-refractivity contribution in [1.82, 2.24) is 19.5 Å². The number of nitrogen functional groups attached to an aromatic ring is 1. The number of nitrogens with zero attached hydrogens (tertiary/aromatic N) is 4. The molecule has 4 atom stereocenters. The smallest absolute Gasteiger partial charge is 0.207 e. The van der Waals surface area contributed by atoms with E-state index in [9.17, 15) is 15.3 Å². The van der Waals surface area contributed by atoms with Gasteiger partial charge in [-0.15, -0.1) is 0 Å². The summed E-state index contributed by atoms with van der Waals surface area (Å²) in [4.78, 5) is 12.7. The molecular formula is C18H22N6O4. The number of benzene rings is 1. The number of aliphatic hydroxyl groups is 3. The fourth-order valence-electron chi connectivity index (χ4n) is 3.37. The fourth-order valence-corrected chi connectivity index (χ4v) is 3.37. The Hall–Kier alpha value is -2.79. The number of aryl methyl sites for hydroxylation is 1. The molecule has 0 spiro atoms. The number of anilines is 2. The van der Waals surface area contributed by atoms with Crippen molar-refractivity contribution >= 4 is 22.9 Å². The Labute approximate surface area is 160 Å². The molecular weight excluding hydrogens is 364 g/mol. The van der Waals surface area contributed by atoms with Crippen molar-refractivity contribution < 1.29 is 20.1 Å². The van der Waals surface area contributed by atoms with Crippen molar-refractivity contribution in [2.45, 2.75) is 38.0 Å². The quantitative estimate of drug-likeness (QED) is 0.406. The summed E-state index contributed by atoms with van der Waals surface area (Å²) in [5, 5.41) is 33.2. The van der Waals surface area contributed by atoms with Crippen molar-refractivity contribution in [1.29, 1.82) is 0 Å². The van der Waals surface area contributed by atoms with Crippen molar-refractivity contribution in [3.05, 3.63) is 41.7 Å². The summed E-state index contributed by atoms with van der Waals surface area (Å²) in [6.07, 6.45) is -3.13. The summed E-state index contributed by atoms with van der Waals surface area (Å²) in [5.41, 5.74) is 8.83. The molecule has 1 aliphatic heterocycles. The Balaban J connectivity index is 1.75. The van der Waals surface area contributed by atoms with E-state index in [4.69, 9.17) is 10.5 Å². The lowest BCUT2D eigenvalue weighted by Gasteiger charge is -2.20. The maximum Gasteiger partial charge on any atom is 0.207 e. The second-order valence-corrected chi connectivity index (χ2v) is 6.75. The molecule has 6 N–H and O–H groups in total. The molecule has 0 unspecified atom stereocenters. The number of rotatable bonds is 5. The van der Waals surface area contributed by atoms with Crippen LogP contribution < -0.4 is 11.1 Å². The number of hydrogen-bond acceptors (Lipinski definition) is 9. The van der Waals surface area contributed by atoms with Crippen LogP contribution in [0.25, 0.3) is 11.2 Å². The number of fused-ring (bicyclic) bond motifs is 1. The molecule has 2 aromatic heterocycles. The summed E-state index contributed by atoms with van der Waals surface area (Å²) in [6.45, 7) is 2.05. The Morgan fingerprint density at radius 1 is 1.21 bits per heavy atom. The number of aromatic nitrogens is 4. The van der Waals surface area contributed by atoms with E-state index in [2.05, 4.69) is 20.3 Å². The van der Waals surface area contributed by atoms with Crippen LogP contribution in [0.2, 0.25) is 0 Å². The molecule has 1 aromatic carbocycles. The summed E-state index contributed by atoms with van der Waals surface area (Å²) in [6, 6.07) is 7.91. The Bertz CT molecular complexity index is 993. The SMILES string of the molecule is Cc1ccccc1CNc1nc2c(N)ncnc2n1[C@@H]1O[C@H](CO)[C@@H](O)[C@H]1O. The molecule has 10 nitrogen and oxygen atoms in total. The van der Waals surface area contributed by atoms with Gasteiger partial charge in [0, 0.05) is 6.54 Å². The molecule has 0 aliphatic carbocycles. The van der Waals surface area contributed by atoms with Crippen molar-refractivity contribution in [2.24, 2.45) is 0 Å². The molecule has 0 radical (unpaired) electrons. The average molecular weight is 386 g/mol. The van der Waals surface area contributed by atoms with Gasteiger partial charge in [0.1, 0.15) is 24.6 Å². The lowest BCUT2D eigenvalue weighted by atomic mass is 10.1. The summed E-state index contributed by atoms with van der Waals surface area (Å²) < 4.78 is 7.21. The van der Waals surface area contributed by atoms with Gasteiger partial charge in [0.05, 0.1) is 6.61 Å². The highest BCUT2D eigenvalue weighted by molar-refractivity contribution is 5.84. The third-order valence-corrected chi connectivity index (χ3v) is 4.98. The number of nitrogens with one attached hydrogen (secondary N) is 1. The van der Waals surface area contributed by atoms with Gasteiger partial charge in [-0.3, -0.25) is 4.57 Å². The maximum absolute atomic E-state index is 10.5. The van der Waals surface area contributed by atoms with Crippen LogP contribution in [0.4, 0.5) is 11.8 Å². The van der Waals surface area contributed by atoms with Gasteiger partial charge in [0.15, 0.2) is 23.2 Å².